The summed E-state index contributed by atoms with van der Waals surface area (Å²) in [7, 11) is -1.21. The zero-order chi connectivity index (χ0) is 7.21. The van der Waals surface area contributed by atoms with E-state index < -0.39 is 7.71 Å². The molecular weight excluding hydrogens is 168 g/mol. The van der Waals surface area contributed by atoms with Crippen molar-refractivity contribution in [2.45, 2.75) is 0 Å². The van der Waals surface area contributed by atoms with Crippen molar-refractivity contribution >= 4 is 30.1 Å². The molecule has 0 atom stereocenters. The zero-order valence-corrected chi connectivity index (χ0v) is 6.68. The van der Waals surface area contributed by atoms with Crippen LogP contribution in [-0.2, 0) is 34.3 Å². The lowest BCUT2D eigenvalue weighted by Gasteiger charge is -1.91. The van der Waals surface area contributed by atoms with E-state index in [2.05, 4.69) is 38.2 Å². The van der Waals surface area contributed by atoms with Crippen LogP contribution in [0.1, 0.15) is 0 Å². The van der Waals surface area contributed by atoms with E-state index in [9.17, 15) is 0 Å². The molecule has 0 aromatic heterocycles. The van der Waals surface area contributed by atoms with Crippen molar-refractivity contribution in [1.82, 2.24) is 0 Å². The van der Waals surface area contributed by atoms with Crippen LogP contribution in [0, 0.1) is 0 Å². The Hall–Kier alpha value is 0.630. The first-order valence-corrected chi connectivity index (χ1v) is 4.79. The molecule has 8 heavy (non-hydrogen) atoms. The third-order valence-corrected chi connectivity index (χ3v) is 1.45. The number of hydrazine groups is 1. The van der Waals surface area contributed by atoms with Crippen LogP contribution in [-0.4, -0.2) is 11.7 Å². The normalized spacial score (nSPS) is 9.50. The second-order valence-electron chi connectivity index (χ2n) is 0.594. The van der Waals surface area contributed by atoms with Crippen molar-refractivity contribution in [3.63, 3.8) is 0 Å². The fraction of sp³-hybridized carbons (Fsp3) is 1.00. The summed E-state index contributed by atoms with van der Waals surface area (Å²) in [4.78, 5) is 0. The minimum Gasteiger partial charge on any atom is -0.306 e. The standard InChI is InChI=1S/CH4O2S3.H4N2/c1-3-6(2,4)5;1-2/h1H3,(H,2,4,5);1-2H2. The summed E-state index contributed by atoms with van der Waals surface area (Å²) in [6.07, 6.45) is 0. The Kier molecular flexibility index (Phi) is 8.23. The summed E-state index contributed by atoms with van der Waals surface area (Å²) in [6.45, 7) is 0. The molecule has 0 aliphatic heterocycles. The fourth-order valence-corrected chi connectivity index (χ4v) is 0. The van der Waals surface area contributed by atoms with E-state index in [1.165, 1.54) is 7.11 Å². The van der Waals surface area contributed by atoms with Gasteiger partial charge in [-0.3, -0.25) is 15.9 Å². The smallest absolute Gasteiger partial charge is 0.134 e. The molecule has 0 heterocycles. The van der Waals surface area contributed by atoms with Crippen molar-refractivity contribution in [2.24, 2.45) is 11.7 Å². The predicted octanol–water partition coefficient (Wildman–Crippen LogP) is -1.08. The van der Waals surface area contributed by atoms with Crippen LogP contribution in [0.3, 0.4) is 0 Å². The summed E-state index contributed by atoms with van der Waals surface area (Å²) in [6, 6.07) is 0. The molecule has 0 aromatic carbocycles. The highest BCUT2D eigenvalue weighted by atomic mass is 33.1. The Morgan fingerprint density at radius 3 is 1.62 bits per heavy atom. The van der Waals surface area contributed by atoms with E-state index in [-0.39, 0.29) is 0 Å². The van der Waals surface area contributed by atoms with Gasteiger partial charge in [0.1, 0.15) is 7.71 Å². The molecule has 0 spiro atoms. The maximum Gasteiger partial charge on any atom is 0.134 e. The first kappa shape index (κ1) is 11.4. The van der Waals surface area contributed by atoms with Crippen molar-refractivity contribution < 1.29 is 8.74 Å². The van der Waals surface area contributed by atoms with E-state index >= 15 is 0 Å². The molecule has 0 radical (unpaired) electrons. The van der Waals surface area contributed by atoms with Crippen LogP contribution < -0.4 is 11.7 Å². The monoisotopic (exact) mass is 176 g/mol. The van der Waals surface area contributed by atoms with Gasteiger partial charge in [0.05, 0.1) is 7.11 Å². The molecule has 0 saturated carbocycles. The van der Waals surface area contributed by atoms with Crippen LogP contribution in [0.2, 0.25) is 0 Å². The molecule has 5 N–H and O–H groups in total. The van der Waals surface area contributed by atoms with Gasteiger partial charge >= 0.3 is 0 Å². The van der Waals surface area contributed by atoms with Gasteiger partial charge in [-0.2, -0.15) is 0 Å². The predicted molar refractivity (Wildman–Crippen MR) is 40.1 cm³/mol. The van der Waals surface area contributed by atoms with Gasteiger partial charge in [-0.1, -0.05) is 0 Å². The summed E-state index contributed by atoms with van der Waals surface area (Å²) in [5.41, 5.74) is 0. The summed E-state index contributed by atoms with van der Waals surface area (Å²) in [5.74, 6) is 8.00. The van der Waals surface area contributed by atoms with Crippen LogP contribution in [0.5, 0.6) is 0 Å². The highest BCUT2D eigenvalue weighted by Crippen LogP contribution is 1.78. The highest BCUT2D eigenvalue weighted by molar-refractivity contribution is 8.51. The largest absolute Gasteiger partial charge is 0.306 e. The topological polar surface area (TPSA) is 81.5 Å². The summed E-state index contributed by atoms with van der Waals surface area (Å²) >= 11 is 8.44. The SMILES string of the molecule is COS(O)(=S)=S.NN. The summed E-state index contributed by atoms with van der Waals surface area (Å²) in [5, 5.41) is 0. The number of hydrogen-bond acceptors (Lipinski definition) is 5. The Morgan fingerprint density at radius 1 is 1.50 bits per heavy atom. The Labute approximate surface area is 58.0 Å². The zero-order valence-electron chi connectivity index (χ0n) is 4.23. The number of rotatable bonds is 1. The molecule has 0 unspecified atom stereocenters. The second-order valence-corrected chi connectivity index (χ2v) is 5.13. The number of hydrogen-bond donors (Lipinski definition) is 3. The number of nitrogens with two attached hydrogens (primary N) is 2. The van der Waals surface area contributed by atoms with Crippen molar-refractivity contribution in [1.29, 1.82) is 0 Å². The lowest BCUT2D eigenvalue weighted by molar-refractivity contribution is 0.424. The van der Waals surface area contributed by atoms with Gasteiger partial charge in [0.2, 0.25) is 0 Å². The molecule has 0 aromatic rings. The van der Waals surface area contributed by atoms with Gasteiger partial charge in [-0.25, -0.2) is 0 Å². The molecule has 0 bridgehead atoms. The summed E-state index contributed by atoms with van der Waals surface area (Å²) < 4.78 is 12.5. The van der Waals surface area contributed by atoms with Gasteiger partial charge in [0, 0.05) is 22.4 Å². The molecule has 0 aliphatic carbocycles. The molecule has 7 heteroatoms. The van der Waals surface area contributed by atoms with Gasteiger partial charge in [-0.05, 0) is 0 Å². The average Bonchev–Trinajstić information content (AvgIpc) is 1.71. The van der Waals surface area contributed by atoms with E-state index in [1.54, 1.807) is 0 Å². The maximum absolute atomic E-state index is 8.32. The van der Waals surface area contributed by atoms with Crippen LogP contribution in [0.4, 0.5) is 0 Å². The molecule has 52 valence electrons. The minimum atomic E-state index is -2.50. The molecule has 0 amide bonds. The molecule has 0 aliphatic rings. The third kappa shape index (κ3) is 15.9. The Morgan fingerprint density at radius 2 is 1.62 bits per heavy atom. The molecule has 0 fully saturated rings. The molecule has 4 nitrogen and oxygen atoms in total. The van der Waals surface area contributed by atoms with Gasteiger partial charge < -0.3 is 4.55 Å². The minimum absolute atomic E-state index is 1.29. The quantitative estimate of drug-likeness (QED) is 0.348. The highest BCUT2D eigenvalue weighted by Gasteiger charge is 1.81. The fourth-order valence-electron chi connectivity index (χ4n) is 0. The van der Waals surface area contributed by atoms with E-state index in [1.807, 2.05) is 0 Å². The lowest BCUT2D eigenvalue weighted by atomic mass is 11.8. The molecule has 0 rings (SSSR count). The van der Waals surface area contributed by atoms with E-state index in [4.69, 9.17) is 4.55 Å². The lowest BCUT2D eigenvalue weighted by Crippen LogP contribution is -2.02. The van der Waals surface area contributed by atoms with E-state index in [0.29, 0.717) is 0 Å². The maximum atomic E-state index is 8.32. The first-order valence-electron chi connectivity index (χ1n) is 1.42. The third-order valence-electron chi connectivity index (χ3n) is 0.211. The van der Waals surface area contributed by atoms with Crippen LogP contribution >= 0.6 is 0 Å². The second kappa shape index (κ2) is 5.76. The molecule has 0 saturated heterocycles. The van der Waals surface area contributed by atoms with Gasteiger partial charge in [0.15, 0.2) is 0 Å². The van der Waals surface area contributed by atoms with Gasteiger partial charge in [-0.15, -0.1) is 0 Å². The average molecular weight is 176 g/mol. The first-order chi connectivity index (χ1) is 3.56. The van der Waals surface area contributed by atoms with Gasteiger partial charge in [0.25, 0.3) is 0 Å². The van der Waals surface area contributed by atoms with Crippen LogP contribution in [0.25, 0.3) is 0 Å². The van der Waals surface area contributed by atoms with Crippen molar-refractivity contribution in [3.8, 4) is 0 Å². The van der Waals surface area contributed by atoms with Crippen LogP contribution in [0.15, 0.2) is 0 Å². The van der Waals surface area contributed by atoms with Crippen molar-refractivity contribution in [3.05, 3.63) is 0 Å². The van der Waals surface area contributed by atoms with E-state index in [0.717, 1.165) is 0 Å². The Bertz CT molecular complexity index is 117. The molecular formula is CH8N2O2S3. The Balaban J connectivity index is 0. The van der Waals surface area contributed by atoms with Crippen molar-refractivity contribution in [2.75, 3.05) is 7.11 Å².